The highest BCUT2D eigenvalue weighted by Gasteiger charge is 2.58. The van der Waals surface area contributed by atoms with Gasteiger partial charge in [-0.2, -0.15) is 18.3 Å². The van der Waals surface area contributed by atoms with Gasteiger partial charge in [0.05, 0.1) is 23.0 Å². The number of rotatable bonds is 7. The van der Waals surface area contributed by atoms with Gasteiger partial charge < -0.3 is 20.4 Å². The first-order chi connectivity index (χ1) is 22.4. The van der Waals surface area contributed by atoms with Gasteiger partial charge >= 0.3 is 6.18 Å². The molecule has 47 heavy (non-hydrogen) atoms. The standard InChI is InChI=1S/C30H29F6N9O2/c1-15-8-16(9-20(31)23(15)28(46)42-4-6-43(7-5-42)29(47)24-17-10-37-11-18(17)24)40-26-27-39-12-21(45(27)3-2-38-26)19-13-44(14-22(32)33)41-25(19)30(34,35)36/h2-3,8-9,12-13,17-18,22,24,37H,4-7,10-11,14H2,1H3,(H,38,40)/t17-,18+,24+. The monoisotopic (exact) mass is 661 g/mol. The summed E-state index contributed by atoms with van der Waals surface area (Å²) in [6, 6.07) is 2.66. The normalized spacial score (nSPS) is 21.1. The van der Waals surface area contributed by atoms with Crippen LogP contribution in [0.1, 0.15) is 21.6 Å². The Morgan fingerprint density at radius 3 is 2.43 bits per heavy atom. The van der Waals surface area contributed by atoms with Crippen LogP contribution in [0.25, 0.3) is 16.9 Å². The highest BCUT2D eigenvalue weighted by molar-refractivity contribution is 5.97. The summed E-state index contributed by atoms with van der Waals surface area (Å²) in [4.78, 5) is 38.0. The average Bonchev–Trinajstić information content (AvgIpc) is 3.42. The lowest BCUT2D eigenvalue weighted by molar-refractivity contribution is -0.141. The van der Waals surface area contributed by atoms with E-state index in [0.29, 0.717) is 35.2 Å². The second kappa shape index (κ2) is 11.5. The second-order valence-corrected chi connectivity index (χ2v) is 12.0. The molecule has 2 saturated heterocycles. The van der Waals surface area contributed by atoms with E-state index in [4.69, 9.17) is 0 Å². The molecule has 3 fully saturated rings. The number of piperazine rings is 1. The molecule has 7 rings (SSSR count). The maximum absolute atomic E-state index is 15.5. The predicted molar refractivity (Wildman–Crippen MR) is 155 cm³/mol. The summed E-state index contributed by atoms with van der Waals surface area (Å²) in [5, 5.41) is 9.52. The van der Waals surface area contributed by atoms with Crippen LogP contribution in [0.15, 0.2) is 36.9 Å². The minimum Gasteiger partial charge on any atom is -0.339 e. The van der Waals surface area contributed by atoms with E-state index >= 15 is 4.39 Å². The molecule has 0 radical (unpaired) electrons. The number of nitrogens with zero attached hydrogens (tertiary/aromatic N) is 7. The van der Waals surface area contributed by atoms with E-state index in [-0.39, 0.29) is 53.3 Å². The van der Waals surface area contributed by atoms with Gasteiger partial charge in [0.25, 0.3) is 12.3 Å². The first-order valence-electron chi connectivity index (χ1n) is 15.0. The number of hydrogen-bond acceptors (Lipinski definition) is 7. The van der Waals surface area contributed by atoms with Crippen LogP contribution >= 0.6 is 0 Å². The first-order valence-corrected chi connectivity index (χ1v) is 15.0. The van der Waals surface area contributed by atoms with Crippen molar-refractivity contribution in [3.63, 3.8) is 0 Å². The van der Waals surface area contributed by atoms with E-state index in [2.05, 4.69) is 25.7 Å². The Morgan fingerprint density at radius 2 is 1.77 bits per heavy atom. The topological polar surface area (TPSA) is 113 Å². The second-order valence-electron chi connectivity index (χ2n) is 12.0. The predicted octanol–water partition coefficient (Wildman–Crippen LogP) is 3.82. The number of benzene rings is 1. The van der Waals surface area contributed by atoms with Crippen LogP contribution < -0.4 is 10.6 Å². The number of imidazole rings is 1. The Labute approximate surface area is 263 Å². The molecule has 2 aliphatic heterocycles. The number of halogens is 6. The van der Waals surface area contributed by atoms with Crippen LogP contribution in [-0.2, 0) is 17.5 Å². The summed E-state index contributed by atoms with van der Waals surface area (Å²) in [5.41, 5.74) is -1.35. The highest BCUT2D eigenvalue weighted by atomic mass is 19.4. The molecule has 2 amide bonds. The van der Waals surface area contributed by atoms with Gasteiger partial charge in [0, 0.05) is 56.4 Å². The van der Waals surface area contributed by atoms with Crippen molar-refractivity contribution in [2.75, 3.05) is 44.6 Å². The fourth-order valence-electron chi connectivity index (χ4n) is 6.77. The van der Waals surface area contributed by atoms with Crippen LogP contribution in [0, 0.1) is 30.5 Å². The van der Waals surface area contributed by atoms with Crippen LogP contribution in [0.3, 0.4) is 0 Å². The minimum atomic E-state index is -4.92. The van der Waals surface area contributed by atoms with Gasteiger partial charge in [-0.05, 0) is 49.5 Å². The number of carbonyl (C=O) groups excluding carboxylic acids is 2. The van der Waals surface area contributed by atoms with Gasteiger partial charge in [-0.3, -0.25) is 18.7 Å². The van der Waals surface area contributed by atoms with Crippen LogP contribution in [0.4, 0.5) is 37.8 Å². The van der Waals surface area contributed by atoms with Gasteiger partial charge in [-0.15, -0.1) is 0 Å². The fraction of sp³-hybridized carbons (Fsp3) is 0.433. The molecular formula is C30H29F6N9O2. The molecule has 2 N–H and O–H groups in total. The number of amides is 2. The molecule has 1 aromatic carbocycles. The number of hydrogen-bond donors (Lipinski definition) is 2. The summed E-state index contributed by atoms with van der Waals surface area (Å²) < 4.78 is 84.4. The molecule has 0 bridgehead atoms. The van der Waals surface area contributed by atoms with Gasteiger partial charge in [0.1, 0.15) is 12.4 Å². The quantitative estimate of drug-likeness (QED) is 0.290. The van der Waals surface area contributed by atoms with E-state index < -0.39 is 42.1 Å². The van der Waals surface area contributed by atoms with Crippen molar-refractivity contribution in [3.05, 3.63) is 59.6 Å². The van der Waals surface area contributed by atoms with Gasteiger partial charge in [0.2, 0.25) is 5.91 Å². The molecule has 1 saturated carbocycles. The van der Waals surface area contributed by atoms with E-state index in [9.17, 15) is 31.5 Å². The molecule has 17 heteroatoms. The first kappa shape index (κ1) is 31.0. The van der Waals surface area contributed by atoms with Crippen molar-refractivity contribution >= 4 is 29.0 Å². The van der Waals surface area contributed by atoms with Gasteiger partial charge in [-0.25, -0.2) is 23.1 Å². The van der Waals surface area contributed by atoms with Crippen molar-refractivity contribution in [2.24, 2.45) is 17.8 Å². The lowest BCUT2D eigenvalue weighted by atomic mass is 10.0. The number of nitrogens with one attached hydrogen (secondary N) is 2. The number of carbonyl (C=O) groups is 2. The number of aromatic nitrogens is 5. The minimum absolute atomic E-state index is 0.0569. The van der Waals surface area contributed by atoms with Crippen molar-refractivity contribution in [2.45, 2.75) is 26.1 Å². The molecule has 248 valence electrons. The molecule has 3 aromatic heterocycles. The summed E-state index contributed by atoms with van der Waals surface area (Å²) in [6.07, 6.45) is -3.18. The van der Waals surface area contributed by atoms with Crippen LogP contribution in [0.2, 0.25) is 0 Å². The summed E-state index contributed by atoms with van der Waals surface area (Å²) in [7, 11) is 0. The SMILES string of the molecule is Cc1cc(Nc2nccn3c(-c4cn(CC(F)F)nc4C(F)(F)F)cnc23)cc(F)c1C(=O)N1CCN(C(=O)[C@H]2[C@@H]3CNC[C@@H]32)CC1. The summed E-state index contributed by atoms with van der Waals surface area (Å²) >= 11 is 0. The Balaban J connectivity index is 1.08. The number of fused-ring (bicyclic) bond motifs is 2. The summed E-state index contributed by atoms with van der Waals surface area (Å²) in [6.45, 7) is 3.62. The fourth-order valence-corrected chi connectivity index (χ4v) is 6.77. The molecule has 5 heterocycles. The molecule has 11 nitrogen and oxygen atoms in total. The van der Waals surface area contributed by atoms with Crippen LogP contribution in [0.5, 0.6) is 0 Å². The molecule has 0 unspecified atom stereocenters. The molecule has 1 aliphatic carbocycles. The van der Waals surface area contributed by atoms with Crippen molar-refractivity contribution in [1.82, 2.24) is 39.3 Å². The van der Waals surface area contributed by atoms with E-state index in [0.717, 1.165) is 31.5 Å². The molecule has 4 aromatic rings. The van der Waals surface area contributed by atoms with Gasteiger partial charge in [0.15, 0.2) is 17.2 Å². The third-order valence-electron chi connectivity index (χ3n) is 9.08. The molecular weight excluding hydrogens is 632 g/mol. The lowest BCUT2D eigenvalue weighted by Crippen LogP contribution is -2.51. The zero-order valence-corrected chi connectivity index (χ0v) is 24.9. The number of piperidine rings is 1. The Kier molecular flexibility index (Phi) is 7.60. The highest BCUT2D eigenvalue weighted by Crippen LogP contribution is 2.49. The third-order valence-corrected chi connectivity index (χ3v) is 9.08. The number of aryl methyl sites for hydroxylation is 1. The van der Waals surface area contributed by atoms with Crippen LogP contribution in [-0.4, -0.2) is 91.5 Å². The molecule has 3 aliphatic rings. The average molecular weight is 662 g/mol. The molecule has 3 atom stereocenters. The largest absolute Gasteiger partial charge is 0.435 e. The van der Waals surface area contributed by atoms with Crippen molar-refractivity contribution in [1.29, 1.82) is 0 Å². The zero-order chi connectivity index (χ0) is 33.2. The smallest absolute Gasteiger partial charge is 0.339 e. The number of alkyl halides is 5. The van der Waals surface area contributed by atoms with E-state index in [1.165, 1.54) is 21.7 Å². The zero-order valence-electron chi connectivity index (χ0n) is 24.9. The Morgan fingerprint density at radius 1 is 1.06 bits per heavy atom. The third kappa shape index (κ3) is 5.65. The molecule has 0 spiro atoms. The van der Waals surface area contributed by atoms with Crippen molar-refractivity contribution in [3.8, 4) is 11.3 Å². The Bertz CT molecular complexity index is 1830. The maximum Gasteiger partial charge on any atom is 0.435 e. The maximum atomic E-state index is 15.5. The lowest BCUT2D eigenvalue weighted by Gasteiger charge is -2.35. The Hall–Kier alpha value is -4.67. The van der Waals surface area contributed by atoms with E-state index in [1.54, 1.807) is 17.9 Å². The summed E-state index contributed by atoms with van der Waals surface area (Å²) in [5.74, 6) is -0.221. The number of anilines is 2. The van der Waals surface area contributed by atoms with E-state index in [1.807, 2.05) is 0 Å². The van der Waals surface area contributed by atoms with Crippen molar-refractivity contribution < 1.29 is 35.9 Å². The van der Waals surface area contributed by atoms with Gasteiger partial charge in [-0.1, -0.05) is 0 Å².